The molecule has 0 radical (unpaired) electrons. The highest BCUT2D eigenvalue weighted by Gasteiger charge is 2.21. The third kappa shape index (κ3) is 5.47. The van der Waals surface area contributed by atoms with Crippen molar-refractivity contribution in [3.8, 4) is 0 Å². The van der Waals surface area contributed by atoms with Gasteiger partial charge in [-0.2, -0.15) is 0 Å². The first kappa shape index (κ1) is 15.4. The topological polar surface area (TPSA) is 61.4 Å². The van der Waals surface area contributed by atoms with Gasteiger partial charge in [0.25, 0.3) is 0 Å². The van der Waals surface area contributed by atoms with E-state index in [-0.39, 0.29) is 30.6 Å². The monoisotopic (exact) mass is 230 g/mol. The van der Waals surface area contributed by atoms with Gasteiger partial charge >= 0.3 is 0 Å². The molecular weight excluding hydrogens is 204 g/mol. The summed E-state index contributed by atoms with van der Waals surface area (Å²) in [5.41, 5.74) is -0.363. The van der Waals surface area contributed by atoms with Crippen molar-refractivity contribution in [1.29, 1.82) is 0 Å². The Labute approximate surface area is 98.8 Å². The molecule has 1 amide bonds. The Balaban J connectivity index is 3.98. The molecule has 0 aliphatic carbocycles. The van der Waals surface area contributed by atoms with Crippen LogP contribution in [0.15, 0.2) is 0 Å². The van der Waals surface area contributed by atoms with E-state index in [9.17, 15) is 9.90 Å². The molecule has 0 aliphatic rings. The highest BCUT2D eigenvalue weighted by Crippen LogP contribution is 2.06. The van der Waals surface area contributed by atoms with Crippen LogP contribution in [-0.4, -0.2) is 35.7 Å². The summed E-state index contributed by atoms with van der Waals surface area (Å²) >= 11 is 0. The molecule has 0 aromatic carbocycles. The molecule has 0 fully saturated rings. The lowest BCUT2D eigenvalue weighted by atomic mass is 10.0. The van der Waals surface area contributed by atoms with E-state index in [1.54, 1.807) is 0 Å². The lowest BCUT2D eigenvalue weighted by Crippen LogP contribution is -2.50. The molecule has 0 aromatic heterocycles. The Morgan fingerprint density at radius 3 is 2.31 bits per heavy atom. The van der Waals surface area contributed by atoms with Crippen molar-refractivity contribution in [3.05, 3.63) is 0 Å². The van der Waals surface area contributed by atoms with E-state index in [4.69, 9.17) is 0 Å². The molecule has 0 spiro atoms. The first-order chi connectivity index (χ1) is 7.34. The van der Waals surface area contributed by atoms with Gasteiger partial charge in [0, 0.05) is 11.6 Å². The molecule has 3 N–H and O–H groups in total. The fraction of sp³-hybridized carbons (Fsp3) is 0.917. The maximum Gasteiger partial charge on any atom is 0.234 e. The lowest BCUT2D eigenvalue weighted by Gasteiger charge is -2.27. The van der Waals surface area contributed by atoms with Crippen molar-refractivity contribution in [2.45, 2.75) is 52.6 Å². The van der Waals surface area contributed by atoms with Crippen LogP contribution in [-0.2, 0) is 4.79 Å². The summed E-state index contributed by atoms with van der Waals surface area (Å²) in [5.74, 6) is 0.411. The summed E-state index contributed by atoms with van der Waals surface area (Å²) in [7, 11) is 0. The Hall–Kier alpha value is -0.610. The lowest BCUT2D eigenvalue weighted by molar-refractivity contribution is -0.121. The van der Waals surface area contributed by atoms with Gasteiger partial charge in [0.05, 0.1) is 13.2 Å². The SMILES string of the molecule is CCC(C)(CO)NCC(=O)NC(C)C(C)C. The normalized spacial score (nSPS) is 16.9. The van der Waals surface area contributed by atoms with Gasteiger partial charge in [-0.25, -0.2) is 0 Å². The molecule has 2 unspecified atom stereocenters. The van der Waals surface area contributed by atoms with Crippen LogP contribution in [0.1, 0.15) is 41.0 Å². The van der Waals surface area contributed by atoms with Crippen molar-refractivity contribution in [2.24, 2.45) is 5.92 Å². The summed E-state index contributed by atoms with van der Waals surface area (Å²) in [5, 5.41) is 15.2. The van der Waals surface area contributed by atoms with Crippen LogP contribution in [0.4, 0.5) is 0 Å². The zero-order chi connectivity index (χ0) is 12.8. The molecule has 0 saturated heterocycles. The van der Waals surface area contributed by atoms with Gasteiger partial charge in [0.15, 0.2) is 0 Å². The summed E-state index contributed by atoms with van der Waals surface area (Å²) in [6.45, 7) is 10.3. The smallest absolute Gasteiger partial charge is 0.234 e. The van der Waals surface area contributed by atoms with Crippen LogP contribution in [0.3, 0.4) is 0 Å². The van der Waals surface area contributed by atoms with E-state index in [0.29, 0.717) is 5.92 Å². The zero-order valence-electron chi connectivity index (χ0n) is 11.1. The zero-order valence-corrected chi connectivity index (χ0v) is 11.1. The van der Waals surface area contributed by atoms with E-state index >= 15 is 0 Å². The minimum atomic E-state index is -0.363. The molecule has 0 aliphatic heterocycles. The third-order valence-corrected chi connectivity index (χ3v) is 3.19. The number of amides is 1. The Kier molecular flexibility index (Phi) is 6.60. The van der Waals surface area contributed by atoms with Crippen LogP contribution in [0.2, 0.25) is 0 Å². The molecular formula is C12H26N2O2. The van der Waals surface area contributed by atoms with Gasteiger partial charge in [-0.15, -0.1) is 0 Å². The predicted molar refractivity (Wildman–Crippen MR) is 66.2 cm³/mol. The van der Waals surface area contributed by atoms with Crippen molar-refractivity contribution < 1.29 is 9.90 Å². The van der Waals surface area contributed by atoms with Crippen molar-refractivity contribution in [2.75, 3.05) is 13.2 Å². The molecule has 0 saturated carbocycles. The molecule has 0 heterocycles. The second-order valence-electron chi connectivity index (χ2n) is 5.03. The third-order valence-electron chi connectivity index (χ3n) is 3.19. The van der Waals surface area contributed by atoms with Gasteiger partial charge in [-0.05, 0) is 26.2 Å². The second-order valence-corrected chi connectivity index (χ2v) is 5.03. The first-order valence-corrected chi connectivity index (χ1v) is 6.00. The van der Waals surface area contributed by atoms with Gasteiger partial charge < -0.3 is 15.7 Å². The van der Waals surface area contributed by atoms with Crippen LogP contribution >= 0.6 is 0 Å². The second kappa shape index (κ2) is 6.86. The largest absolute Gasteiger partial charge is 0.394 e. The Morgan fingerprint density at radius 2 is 1.94 bits per heavy atom. The Morgan fingerprint density at radius 1 is 1.38 bits per heavy atom. The molecule has 2 atom stereocenters. The van der Waals surface area contributed by atoms with Gasteiger partial charge in [0.2, 0.25) is 5.91 Å². The average molecular weight is 230 g/mol. The minimum absolute atomic E-state index is 0.0191. The molecule has 96 valence electrons. The highest BCUT2D eigenvalue weighted by atomic mass is 16.3. The van der Waals surface area contributed by atoms with Crippen molar-refractivity contribution in [1.82, 2.24) is 10.6 Å². The first-order valence-electron chi connectivity index (χ1n) is 6.00. The standard InChI is InChI=1S/C12H26N2O2/c1-6-12(5,8-15)13-7-11(16)14-10(4)9(2)3/h9-10,13,15H,6-8H2,1-5H3,(H,14,16). The summed E-state index contributed by atoms with van der Waals surface area (Å²) in [6.07, 6.45) is 0.788. The number of aliphatic hydroxyl groups is 1. The van der Waals surface area contributed by atoms with Crippen LogP contribution in [0.25, 0.3) is 0 Å². The Bertz CT molecular complexity index is 213. The van der Waals surface area contributed by atoms with Gasteiger partial charge in [0.1, 0.15) is 0 Å². The van der Waals surface area contributed by atoms with Crippen LogP contribution in [0.5, 0.6) is 0 Å². The van der Waals surface area contributed by atoms with Gasteiger partial charge in [-0.1, -0.05) is 20.8 Å². The number of nitrogens with one attached hydrogen (secondary N) is 2. The average Bonchev–Trinajstić information content (AvgIpc) is 2.25. The fourth-order valence-electron chi connectivity index (χ4n) is 1.06. The molecule has 0 rings (SSSR count). The van der Waals surface area contributed by atoms with E-state index in [1.165, 1.54) is 0 Å². The van der Waals surface area contributed by atoms with E-state index in [1.807, 2.05) is 20.8 Å². The van der Waals surface area contributed by atoms with E-state index in [0.717, 1.165) is 6.42 Å². The summed E-state index contributed by atoms with van der Waals surface area (Å²) in [6, 6.07) is 0.177. The van der Waals surface area contributed by atoms with Crippen molar-refractivity contribution in [3.63, 3.8) is 0 Å². The predicted octanol–water partition coefficient (Wildman–Crippen LogP) is 0.898. The van der Waals surface area contributed by atoms with Crippen LogP contribution < -0.4 is 10.6 Å². The highest BCUT2D eigenvalue weighted by molar-refractivity contribution is 5.78. The summed E-state index contributed by atoms with van der Waals surface area (Å²) in [4.78, 5) is 11.6. The maximum absolute atomic E-state index is 11.6. The maximum atomic E-state index is 11.6. The number of rotatable bonds is 7. The number of carbonyl (C=O) groups is 1. The van der Waals surface area contributed by atoms with E-state index < -0.39 is 0 Å². The van der Waals surface area contributed by atoms with Crippen LogP contribution in [0, 0.1) is 5.92 Å². The van der Waals surface area contributed by atoms with Crippen molar-refractivity contribution >= 4 is 5.91 Å². The minimum Gasteiger partial charge on any atom is -0.394 e. The number of carbonyl (C=O) groups excluding carboxylic acids is 1. The van der Waals surface area contributed by atoms with Gasteiger partial charge in [-0.3, -0.25) is 4.79 Å². The fourth-order valence-corrected chi connectivity index (χ4v) is 1.06. The summed E-state index contributed by atoms with van der Waals surface area (Å²) < 4.78 is 0. The molecule has 0 aromatic rings. The van der Waals surface area contributed by atoms with E-state index in [2.05, 4.69) is 24.5 Å². The quantitative estimate of drug-likeness (QED) is 0.609. The molecule has 4 nitrogen and oxygen atoms in total. The number of hydrogen-bond donors (Lipinski definition) is 3. The molecule has 4 heteroatoms. The molecule has 16 heavy (non-hydrogen) atoms. The number of hydrogen-bond acceptors (Lipinski definition) is 3. The number of aliphatic hydroxyl groups excluding tert-OH is 1. The molecule has 0 bridgehead atoms.